The van der Waals surface area contributed by atoms with Gasteiger partial charge in [0.2, 0.25) is 0 Å². The molecule has 112 valence electrons. The SMILES string of the molecule is CCCNCc1ccc(N(C)C2CCC(C)CC2)nn1. The molecule has 1 heterocycles. The van der Waals surface area contributed by atoms with Crippen LogP contribution in [0.1, 0.15) is 51.6 Å². The van der Waals surface area contributed by atoms with Crippen molar-refractivity contribution in [3.63, 3.8) is 0 Å². The van der Waals surface area contributed by atoms with E-state index in [1.165, 1.54) is 25.7 Å². The van der Waals surface area contributed by atoms with Crippen LogP contribution in [0.25, 0.3) is 0 Å². The Labute approximate surface area is 123 Å². The first-order valence-electron chi connectivity index (χ1n) is 7.97. The Hall–Kier alpha value is -1.16. The summed E-state index contributed by atoms with van der Waals surface area (Å²) in [6.45, 7) is 6.37. The highest BCUT2D eigenvalue weighted by atomic mass is 15.3. The Morgan fingerprint density at radius 1 is 1.20 bits per heavy atom. The van der Waals surface area contributed by atoms with Crippen LogP contribution >= 0.6 is 0 Å². The molecule has 0 aromatic carbocycles. The van der Waals surface area contributed by atoms with Gasteiger partial charge < -0.3 is 10.2 Å². The molecular formula is C16H28N4. The standard InChI is InChI=1S/C16H28N4/c1-4-11-17-12-14-7-10-16(19-18-14)20(3)15-8-5-13(2)6-9-15/h7,10,13,15,17H,4-6,8-9,11-12H2,1-3H3. The molecule has 4 heteroatoms. The van der Waals surface area contributed by atoms with Crippen LogP contribution in [-0.4, -0.2) is 29.8 Å². The van der Waals surface area contributed by atoms with Gasteiger partial charge in [-0.05, 0) is 56.7 Å². The summed E-state index contributed by atoms with van der Waals surface area (Å²) in [4.78, 5) is 2.31. The number of hydrogen-bond acceptors (Lipinski definition) is 4. The fourth-order valence-electron chi connectivity index (χ4n) is 2.85. The van der Waals surface area contributed by atoms with E-state index in [2.05, 4.69) is 53.4 Å². The maximum absolute atomic E-state index is 4.39. The second-order valence-corrected chi connectivity index (χ2v) is 6.08. The lowest BCUT2D eigenvalue weighted by molar-refractivity contribution is 0.339. The van der Waals surface area contributed by atoms with E-state index in [0.29, 0.717) is 6.04 Å². The molecule has 0 saturated heterocycles. The van der Waals surface area contributed by atoms with Crippen molar-refractivity contribution in [1.82, 2.24) is 15.5 Å². The van der Waals surface area contributed by atoms with Crippen LogP contribution in [0.5, 0.6) is 0 Å². The van der Waals surface area contributed by atoms with Crippen LogP contribution in [0.4, 0.5) is 5.82 Å². The molecule has 0 atom stereocenters. The predicted molar refractivity (Wildman–Crippen MR) is 83.9 cm³/mol. The van der Waals surface area contributed by atoms with Crippen molar-refractivity contribution in [3.8, 4) is 0 Å². The average Bonchev–Trinajstić information content (AvgIpc) is 2.48. The first-order chi connectivity index (χ1) is 9.70. The molecule has 2 rings (SSSR count). The summed E-state index contributed by atoms with van der Waals surface area (Å²) in [5.41, 5.74) is 1.02. The van der Waals surface area contributed by atoms with Gasteiger partial charge in [-0.3, -0.25) is 0 Å². The molecule has 0 amide bonds. The van der Waals surface area contributed by atoms with E-state index in [1.54, 1.807) is 0 Å². The molecule has 1 aromatic rings. The lowest BCUT2D eigenvalue weighted by atomic mass is 9.87. The van der Waals surface area contributed by atoms with Crippen molar-refractivity contribution in [1.29, 1.82) is 0 Å². The summed E-state index contributed by atoms with van der Waals surface area (Å²) < 4.78 is 0. The maximum atomic E-state index is 4.39. The molecule has 20 heavy (non-hydrogen) atoms. The number of nitrogens with one attached hydrogen (secondary N) is 1. The smallest absolute Gasteiger partial charge is 0.151 e. The third-order valence-electron chi connectivity index (χ3n) is 4.33. The topological polar surface area (TPSA) is 41.0 Å². The molecule has 4 nitrogen and oxygen atoms in total. The van der Waals surface area contributed by atoms with Crippen molar-refractivity contribution < 1.29 is 0 Å². The van der Waals surface area contributed by atoms with Gasteiger partial charge in [0.1, 0.15) is 0 Å². The highest BCUT2D eigenvalue weighted by molar-refractivity contribution is 5.37. The fraction of sp³-hybridized carbons (Fsp3) is 0.750. The molecule has 0 spiro atoms. The molecule has 1 aliphatic rings. The van der Waals surface area contributed by atoms with Crippen LogP contribution < -0.4 is 10.2 Å². The fourth-order valence-corrected chi connectivity index (χ4v) is 2.85. The first kappa shape index (κ1) is 15.2. The molecule has 1 saturated carbocycles. The monoisotopic (exact) mass is 276 g/mol. The number of nitrogens with zero attached hydrogens (tertiary/aromatic N) is 3. The van der Waals surface area contributed by atoms with E-state index in [9.17, 15) is 0 Å². The van der Waals surface area contributed by atoms with Crippen molar-refractivity contribution in [2.24, 2.45) is 5.92 Å². The Morgan fingerprint density at radius 3 is 2.55 bits per heavy atom. The Balaban J connectivity index is 1.88. The van der Waals surface area contributed by atoms with Crippen molar-refractivity contribution >= 4 is 5.82 Å². The lowest BCUT2D eigenvalue weighted by Gasteiger charge is -2.34. The summed E-state index contributed by atoms with van der Waals surface area (Å²) in [5, 5.41) is 12.1. The second kappa shape index (κ2) is 7.58. The molecule has 1 fully saturated rings. The number of anilines is 1. The van der Waals surface area contributed by atoms with Crippen molar-refractivity contribution in [2.45, 2.75) is 58.5 Å². The molecule has 0 bridgehead atoms. The third kappa shape index (κ3) is 4.17. The normalized spacial score (nSPS) is 22.8. The summed E-state index contributed by atoms with van der Waals surface area (Å²) in [7, 11) is 2.15. The van der Waals surface area contributed by atoms with Gasteiger partial charge in [0.15, 0.2) is 5.82 Å². The summed E-state index contributed by atoms with van der Waals surface area (Å²) in [6, 6.07) is 4.82. The van der Waals surface area contributed by atoms with Crippen molar-refractivity contribution in [2.75, 3.05) is 18.5 Å². The molecular weight excluding hydrogens is 248 g/mol. The highest BCUT2D eigenvalue weighted by Gasteiger charge is 2.22. The largest absolute Gasteiger partial charge is 0.355 e. The van der Waals surface area contributed by atoms with Crippen LogP contribution in [-0.2, 0) is 6.54 Å². The van der Waals surface area contributed by atoms with E-state index < -0.39 is 0 Å². The van der Waals surface area contributed by atoms with E-state index >= 15 is 0 Å². The average molecular weight is 276 g/mol. The number of hydrogen-bond donors (Lipinski definition) is 1. The summed E-state index contributed by atoms with van der Waals surface area (Å²) >= 11 is 0. The van der Waals surface area contributed by atoms with E-state index in [-0.39, 0.29) is 0 Å². The van der Waals surface area contributed by atoms with E-state index in [1.807, 2.05) is 0 Å². The molecule has 0 unspecified atom stereocenters. The maximum Gasteiger partial charge on any atom is 0.151 e. The summed E-state index contributed by atoms with van der Waals surface area (Å²) in [5.74, 6) is 1.89. The molecule has 1 aliphatic carbocycles. The zero-order valence-corrected chi connectivity index (χ0v) is 13.1. The Bertz CT molecular complexity index is 382. The third-order valence-corrected chi connectivity index (χ3v) is 4.33. The van der Waals surface area contributed by atoms with Gasteiger partial charge in [0.25, 0.3) is 0 Å². The minimum absolute atomic E-state index is 0.629. The van der Waals surface area contributed by atoms with Gasteiger partial charge in [0, 0.05) is 19.6 Å². The minimum atomic E-state index is 0.629. The number of rotatable bonds is 6. The lowest BCUT2D eigenvalue weighted by Crippen LogP contribution is -2.35. The zero-order valence-electron chi connectivity index (χ0n) is 13.1. The van der Waals surface area contributed by atoms with Crippen LogP contribution in [0.15, 0.2) is 12.1 Å². The second-order valence-electron chi connectivity index (χ2n) is 6.08. The van der Waals surface area contributed by atoms with Gasteiger partial charge in [-0.25, -0.2) is 0 Å². The van der Waals surface area contributed by atoms with Crippen LogP contribution in [0.3, 0.4) is 0 Å². The van der Waals surface area contributed by atoms with Crippen LogP contribution in [0, 0.1) is 5.92 Å². The van der Waals surface area contributed by atoms with Gasteiger partial charge in [-0.1, -0.05) is 13.8 Å². The van der Waals surface area contributed by atoms with Gasteiger partial charge in [-0.15, -0.1) is 5.10 Å². The van der Waals surface area contributed by atoms with Crippen LogP contribution in [0.2, 0.25) is 0 Å². The molecule has 1 N–H and O–H groups in total. The minimum Gasteiger partial charge on any atom is -0.355 e. The highest BCUT2D eigenvalue weighted by Crippen LogP contribution is 2.28. The number of aromatic nitrogens is 2. The predicted octanol–water partition coefficient (Wildman–Crippen LogP) is 2.99. The van der Waals surface area contributed by atoms with Crippen molar-refractivity contribution in [3.05, 3.63) is 17.8 Å². The summed E-state index contributed by atoms with van der Waals surface area (Å²) in [6.07, 6.45) is 6.37. The molecule has 1 aromatic heterocycles. The Morgan fingerprint density at radius 2 is 1.95 bits per heavy atom. The quantitative estimate of drug-likeness (QED) is 0.811. The molecule has 0 radical (unpaired) electrons. The molecule has 0 aliphatic heterocycles. The van der Waals surface area contributed by atoms with E-state index in [0.717, 1.165) is 36.9 Å². The first-order valence-corrected chi connectivity index (χ1v) is 7.97. The van der Waals surface area contributed by atoms with Gasteiger partial charge in [0.05, 0.1) is 5.69 Å². The van der Waals surface area contributed by atoms with E-state index in [4.69, 9.17) is 0 Å². The van der Waals surface area contributed by atoms with Gasteiger partial charge in [-0.2, -0.15) is 5.10 Å². The van der Waals surface area contributed by atoms with Gasteiger partial charge >= 0.3 is 0 Å². The zero-order chi connectivity index (χ0) is 14.4. The Kier molecular flexibility index (Phi) is 5.77.